The molecule has 146 valence electrons. The number of imidazole rings is 1. The van der Waals surface area contributed by atoms with Crippen LogP contribution in [-0.2, 0) is 11.2 Å². The van der Waals surface area contributed by atoms with Gasteiger partial charge in [0.15, 0.2) is 0 Å². The lowest BCUT2D eigenvalue weighted by atomic mass is 10.1. The summed E-state index contributed by atoms with van der Waals surface area (Å²) in [5.41, 5.74) is 2.48. The van der Waals surface area contributed by atoms with Gasteiger partial charge in [0, 0.05) is 30.9 Å². The molecule has 2 N–H and O–H groups in total. The van der Waals surface area contributed by atoms with Crippen molar-refractivity contribution in [2.24, 2.45) is 0 Å². The first-order valence-electron chi connectivity index (χ1n) is 9.46. The minimum atomic E-state index is -0.183. The van der Waals surface area contributed by atoms with Gasteiger partial charge in [-0.25, -0.2) is 9.97 Å². The molecule has 1 atom stereocenters. The number of nitrogens with one attached hydrogen (secondary N) is 2. The number of benzene rings is 2. The van der Waals surface area contributed by atoms with Gasteiger partial charge in [-0.3, -0.25) is 9.59 Å². The van der Waals surface area contributed by atoms with E-state index >= 15 is 0 Å². The third-order valence-corrected chi connectivity index (χ3v) is 4.82. The molecule has 29 heavy (non-hydrogen) atoms. The van der Waals surface area contributed by atoms with Gasteiger partial charge < -0.3 is 14.9 Å². The van der Waals surface area contributed by atoms with Gasteiger partial charge in [-0.15, -0.1) is 0 Å². The molecule has 0 radical (unpaired) electrons. The van der Waals surface area contributed by atoms with Crippen LogP contribution in [0.15, 0.2) is 72.0 Å². The van der Waals surface area contributed by atoms with Gasteiger partial charge in [-0.05, 0) is 36.8 Å². The summed E-state index contributed by atoms with van der Waals surface area (Å²) in [5, 5.41) is 3.54. The van der Waals surface area contributed by atoms with Gasteiger partial charge in [0.1, 0.15) is 5.82 Å². The molecule has 2 heterocycles. The molecule has 0 aliphatic carbocycles. The maximum Gasteiger partial charge on any atom is 0.258 e. The van der Waals surface area contributed by atoms with Crippen LogP contribution < -0.4 is 10.9 Å². The van der Waals surface area contributed by atoms with Crippen molar-refractivity contribution in [3.63, 3.8) is 0 Å². The van der Waals surface area contributed by atoms with E-state index in [1.807, 2.05) is 48.0 Å². The first kappa shape index (κ1) is 18.6. The lowest BCUT2D eigenvalue weighted by Gasteiger charge is -2.15. The predicted molar refractivity (Wildman–Crippen MR) is 111 cm³/mol. The Morgan fingerprint density at radius 3 is 2.72 bits per heavy atom. The van der Waals surface area contributed by atoms with Gasteiger partial charge in [0.05, 0.1) is 23.3 Å². The number of para-hydroxylation sites is 1. The fraction of sp³-hybridized carbons (Fsp3) is 0.182. The van der Waals surface area contributed by atoms with Crippen LogP contribution in [0, 0.1) is 0 Å². The highest BCUT2D eigenvalue weighted by Crippen LogP contribution is 2.16. The fourth-order valence-electron chi connectivity index (χ4n) is 3.23. The van der Waals surface area contributed by atoms with Gasteiger partial charge in [0.25, 0.3) is 5.56 Å². The van der Waals surface area contributed by atoms with E-state index in [1.165, 1.54) is 0 Å². The second kappa shape index (κ2) is 8.10. The molecule has 0 saturated carbocycles. The minimum absolute atomic E-state index is 0.0907. The van der Waals surface area contributed by atoms with E-state index < -0.39 is 0 Å². The van der Waals surface area contributed by atoms with E-state index in [-0.39, 0.29) is 23.9 Å². The van der Waals surface area contributed by atoms with E-state index in [4.69, 9.17) is 0 Å². The molecule has 0 fully saturated rings. The number of carbonyl (C=O) groups excluding carboxylic acids is 1. The second-order valence-electron chi connectivity index (χ2n) is 6.88. The van der Waals surface area contributed by atoms with Crippen LogP contribution in [0.25, 0.3) is 16.6 Å². The molecule has 0 aliphatic rings. The quantitative estimate of drug-likeness (QED) is 0.532. The lowest BCUT2D eigenvalue weighted by molar-refractivity contribution is -0.121. The molecule has 0 spiro atoms. The number of hydrogen-bond acceptors (Lipinski definition) is 4. The molecule has 4 aromatic rings. The highest BCUT2D eigenvalue weighted by atomic mass is 16.1. The van der Waals surface area contributed by atoms with Crippen molar-refractivity contribution in [1.82, 2.24) is 24.8 Å². The molecule has 4 rings (SSSR count). The maximum absolute atomic E-state index is 12.4. The molecule has 1 amide bonds. The van der Waals surface area contributed by atoms with Crippen LogP contribution in [0.4, 0.5) is 0 Å². The molecule has 7 heteroatoms. The Kier molecular flexibility index (Phi) is 5.20. The Balaban J connectivity index is 1.36. The van der Waals surface area contributed by atoms with E-state index in [0.29, 0.717) is 23.1 Å². The van der Waals surface area contributed by atoms with Crippen molar-refractivity contribution in [2.75, 3.05) is 0 Å². The third-order valence-electron chi connectivity index (χ3n) is 4.82. The van der Waals surface area contributed by atoms with Crippen LogP contribution >= 0.6 is 0 Å². The van der Waals surface area contributed by atoms with E-state index in [0.717, 1.165) is 11.3 Å². The van der Waals surface area contributed by atoms with Crippen LogP contribution in [0.5, 0.6) is 0 Å². The summed E-state index contributed by atoms with van der Waals surface area (Å²) in [5.74, 6) is 0.424. The topological polar surface area (TPSA) is 92.7 Å². The smallest absolute Gasteiger partial charge is 0.258 e. The molecule has 0 aliphatic heterocycles. The number of H-pyrrole nitrogens is 1. The Bertz CT molecular complexity index is 1180. The summed E-state index contributed by atoms with van der Waals surface area (Å²) in [4.78, 5) is 35.7. The molecular weight excluding hydrogens is 366 g/mol. The van der Waals surface area contributed by atoms with Gasteiger partial charge >= 0.3 is 0 Å². The molecule has 0 saturated heterocycles. The third kappa shape index (κ3) is 4.24. The number of amides is 1. The summed E-state index contributed by atoms with van der Waals surface area (Å²) in [6, 6.07) is 15.0. The van der Waals surface area contributed by atoms with Gasteiger partial charge in [-0.1, -0.05) is 24.3 Å². The van der Waals surface area contributed by atoms with Crippen molar-refractivity contribution >= 4 is 16.8 Å². The van der Waals surface area contributed by atoms with Gasteiger partial charge in [0.2, 0.25) is 5.91 Å². The van der Waals surface area contributed by atoms with Crippen LogP contribution in [0.3, 0.4) is 0 Å². The summed E-state index contributed by atoms with van der Waals surface area (Å²) in [6.45, 7) is 1.94. The average Bonchev–Trinajstić information content (AvgIpc) is 3.27. The Morgan fingerprint density at radius 2 is 1.97 bits per heavy atom. The number of rotatable bonds is 6. The van der Waals surface area contributed by atoms with Crippen molar-refractivity contribution in [3.05, 3.63) is 89.0 Å². The largest absolute Gasteiger partial charge is 0.350 e. The van der Waals surface area contributed by atoms with Crippen LogP contribution in [-0.4, -0.2) is 25.4 Å². The summed E-state index contributed by atoms with van der Waals surface area (Å²) >= 11 is 0. The summed E-state index contributed by atoms with van der Waals surface area (Å²) in [7, 11) is 0. The molecule has 2 aromatic carbocycles. The Labute approximate surface area is 167 Å². The number of hydrogen-bond donors (Lipinski definition) is 2. The zero-order valence-electron chi connectivity index (χ0n) is 16.0. The first-order valence-corrected chi connectivity index (χ1v) is 9.46. The highest BCUT2D eigenvalue weighted by molar-refractivity contribution is 5.78. The minimum Gasteiger partial charge on any atom is -0.350 e. The van der Waals surface area contributed by atoms with Crippen LogP contribution in [0.2, 0.25) is 0 Å². The first-order chi connectivity index (χ1) is 14.1. The number of nitrogens with zero attached hydrogens (tertiary/aromatic N) is 3. The number of aromatic nitrogens is 4. The fourth-order valence-corrected chi connectivity index (χ4v) is 3.23. The van der Waals surface area contributed by atoms with Crippen molar-refractivity contribution < 1.29 is 4.79 Å². The molecule has 0 bridgehead atoms. The van der Waals surface area contributed by atoms with E-state index in [2.05, 4.69) is 20.3 Å². The monoisotopic (exact) mass is 387 g/mol. The number of fused-ring (bicyclic) bond motifs is 1. The SMILES string of the molecule is C[C@@H](NC(=O)CCc1nc2ccccc2c(=O)[nH]1)c1ccc(-n2ccnc2)cc1. The molecular formula is C22H21N5O2. The number of aromatic amines is 1. The normalized spacial score (nSPS) is 12.0. The van der Waals surface area contributed by atoms with Crippen molar-refractivity contribution in [1.29, 1.82) is 0 Å². The lowest BCUT2D eigenvalue weighted by Crippen LogP contribution is -2.27. The Hall–Kier alpha value is -3.74. The molecule has 0 unspecified atom stereocenters. The Morgan fingerprint density at radius 1 is 1.17 bits per heavy atom. The zero-order chi connectivity index (χ0) is 20.2. The highest BCUT2D eigenvalue weighted by Gasteiger charge is 2.11. The maximum atomic E-state index is 12.4. The second-order valence-corrected chi connectivity index (χ2v) is 6.88. The van der Waals surface area contributed by atoms with Crippen molar-refractivity contribution in [3.8, 4) is 5.69 Å². The standard InChI is InChI=1S/C22H21N5O2/c1-15(16-6-8-17(9-7-16)27-13-12-23-14-27)24-21(28)11-10-20-25-19-5-3-2-4-18(19)22(29)26-20/h2-9,12-15H,10-11H2,1H3,(H,24,28)(H,25,26,29)/t15-/m1/s1. The zero-order valence-corrected chi connectivity index (χ0v) is 16.0. The molecule has 7 nitrogen and oxygen atoms in total. The predicted octanol–water partition coefficient (Wildman–Crippen LogP) is 2.92. The number of carbonyl (C=O) groups is 1. The van der Waals surface area contributed by atoms with Gasteiger partial charge in [-0.2, -0.15) is 0 Å². The van der Waals surface area contributed by atoms with E-state index in [9.17, 15) is 9.59 Å². The number of aryl methyl sites for hydroxylation is 1. The van der Waals surface area contributed by atoms with Crippen molar-refractivity contribution in [2.45, 2.75) is 25.8 Å². The molecule has 2 aromatic heterocycles. The summed E-state index contributed by atoms with van der Waals surface area (Å²) in [6.07, 6.45) is 5.97. The van der Waals surface area contributed by atoms with E-state index in [1.54, 1.807) is 30.7 Å². The summed E-state index contributed by atoms with van der Waals surface area (Å²) < 4.78 is 1.92. The average molecular weight is 387 g/mol. The van der Waals surface area contributed by atoms with Crippen LogP contribution in [0.1, 0.15) is 30.8 Å².